The number of carbonyl (C=O) groups is 1. The van der Waals surface area contributed by atoms with Gasteiger partial charge in [0.2, 0.25) is 0 Å². The lowest BCUT2D eigenvalue weighted by Crippen LogP contribution is -2.48. The molecule has 2 unspecified atom stereocenters. The van der Waals surface area contributed by atoms with E-state index >= 15 is 0 Å². The first-order valence-corrected chi connectivity index (χ1v) is 11.5. The van der Waals surface area contributed by atoms with Gasteiger partial charge >= 0.3 is 12.1 Å². The lowest BCUT2D eigenvalue weighted by molar-refractivity contribution is -0.141. The minimum absolute atomic E-state index is 0.203. The van der Waals surface area contributed by atoms with Crippen LogP contribution in [0, 0.1) is 5.92 Å². The highest BCUT2D eigenvalue weighted by atomic mass is 19.4. The number of carbonyl (C=O) groups excluding carboxylic acids is 1. The molecule has 2 aromatic rings. The Morgan fingerprint density at radius 2 is 1.97 bits per heavy atom. The largest absolute Gasteiger partial charge is 0.508 e. The van der Waals surface area contributed by atoms with Gasteiger partial charge in [-0.1, -0.05) is 42.5 Å². The van der Waals surface area contributed by atoms with Crippen LogP contribution in [0.5, 0.6) is 5.75 Å². The molecule has 1 aliphatic carbocycles. The van der Waals surface area contributed by atoms with E-state index in [9.17, 15) is 23.1 Å². The zero-order chi connectivity index (χ0) is 25.2. The zero-order valence-electron chi connectivity index (χ0n) is 19.7. The van der Waals surface area contributed by atoms with Gasteiger partial charge in [-0.25, -0.2) is 4.79 Å². The maximum absolute atomic E-state index is 12.9. The third-order valence-electron chi connectivity index (χ3n) is 6.82. The monoisotopic (exact) mass is 483 g/mol. The second-order valence-electron chi connectivity index (χ2n) is 9.10. The van der Waals surface area contributed by atoms with Crippen LogP contribution in [0.15, 0.2) is 72.5 Å². The van der Waals surface area contributed by atoms with Crippen LogP contribution < -0.4 is 0 Å². The van der Waals surface area contributed by atoms with Gasteiger partial charge in [0.25, 0.3) is 0 Å². The topological polar surface area (TPSA) is 49.8 Å². The molecule has 0 saturated heterocycles. The van der Waals surface area contributed by atoms with Crippen molar-refractivity contribution in [3.8, 4) is 5.75 Å². The fourth-order valence-corrected chi connectivity index (χ4v) is 5.02. The Labute approximate surface area is 203 Å². The molecule has 35 heavy (non-hydrogen) atoms. The van der Waals surface area contributed by atoms with E-state index < -0.39 is 30.0 Å². The minimum atomic E-state index is -4.19. The van der Waals surface area contributed by atoms with E-state index in [-0.39, 0.29) is 5.75 Å². The van der Waals surface area contributed by atoms with E-state index in [4.69, 9.17) is 0 Å². The molecule has 1 heterocycles. The molecule has 1 aliphatic heterocycles. The van der Waals surface area contributed by atoms with Crippen LogP contribution in [-0.2, 0) is 21.5 Å². The molecule has 0 radical (unpaired) electrons. The maximum atomic E-state index is 12.9. The summed E-state index contributed by atoms with van der Waals surface area (Å²) < 4.78 is 43.3. The fraction of sp³-hybridized carbons (Fsp3) is 0.321. The third kappa shape index (κ3) is 5.29. The molecule has 0 amide bonds. The molecular formula is C28H28F3NO3. The van der Waals surface area contributed by atoms with Crippen LogP contribution in [-0.4, -0.2) is 35.8 Å². The Balaban J connectivity index is 1.70. The number of phenols is 1. The summed E-state index contributed by atoms with van der Waals surface area (Å²) in [7, 11) is 1.32. The standard InChI is InChI=1S/C28H28F3NO3/c1-27(22-8-3-19(4-9-22)7-14-26(34)35-2)25-13-12-24(33)17-21(25)15-16-32(27)23-10-5-20(6-11-23)18-28(29,30)31/h3-5,7-14,17,20,33H,6,15-16,18H2,1-2H3/b14-7+. The number of benzene rings is 2. The molecule has 7 heteroatoms. The summed E-state index contributed by atoms with van der Waals surface area (Å²) in [4.78, 5) is 13.7. The number of aromatic hydroxyl groups is 1. The number of ether oxygens (including phenoxy) is 1. The molecule has 184 valence electrons. The van der Waals surface area contributed by atoms with Crippen molar-refractivity contribution in [3.63, 3.8) is 0 Å². The van der Waals surface area contributed by atoms with E-state index in [0.29, 0.717) is 19.4 Å². The number of halogens is 3. The highest BCUT2D eigenvalue weighted by molar-refractivity contribution is 5.86. The normalized spacial score (nSPS) is 22.1. The van der Waals surface area contributed by atoms with E-state index in [1.54, 1.807) is 30.4 Å². The first-order valence-electron chi connectivity index (χ1n) is 11.5. The van der Waals surface area contributed by atoms with Gasteiger partial charge in [0.05, 0.1) is 19.1 Å². The average molecular weight is 484 g/mol. The van der Waals surface area contributed by atoms with Crippen LogP contribution in [0.3, 0.4) is 0 Å². The summed E-state index contributed by atoms with van der Waals surface area (Å²) in [6.07, 6.45) is 4.42. The van der Waals surface area contributed by atoms with Gasteiger partial charge in [-0.05, 0) is 72.2 Å². The van der Waals surface area contributed by atoms with Crippen molar-refractivity contribution < 1.29 is 27.8 Å². The van der Waals surface area contributed by atoms with Crippen molar-refractivity contribution in [1.29, 1.82) is 0 Å². The van der Waals surface area contributed by atoms with Crippen molar-refractivity contribution in [2.75, 3.05) is 13.7 Å². The van der Waals surface area contributed by atoms with Crippen LogP contribution in [0.25, 0.3) is 6.08 Å². The average Bonchev–Trinajstić information content (AvgIpc) is 2.82. The van der Waals surface area contributed by atoms with Gasteiger partial charge < -0.3 is 14.7 Å². The molecule has 0 saturated carbocycles. The smallest absolute Gasteiger partial charge is 0.389 e. The molecule has 2 atom stereocenters. The number of fused-ring (bicyclic) bond motifs is 1. The molecule has 1 N–H and O–H groups in total. The molecule has 2 aliphatic rings. The van der Waals surface area contributed by atoms with Gasteiger partial charge in [-0.2, -0.15) is 13.2 Å². The molecule has 0 spiro atoms. The van der Waals surface area contributed by atoms with Crippen LogP contribution in [0.1, 0.15) is 42.0 Å². The van der Waals surface area contributed by atoms with Crippen molar-refractivity contribution in [1.82, 2.24) is 4.90 Å². The molecule has 0 aromatic heterocycles. The molecule has 0 bridgehead atoms. The number of hydrogen-bond donors (Lipinski definition) is 1. The van der Waals surface area contributed by atoms with Gasteiger partial charge in [-0.15, -0.1) is 0 Å². The van der Waals surface area contributed by atoms with E-state index in [2.05, 4.69) is 16.6 Å². The summed E-state index contributed by atoms with van der Waals surface area (Å²) in [6, 6.07) is 13.2. The number of alkyl halides is 3. The number of esters is 1. The highest BCUT2D eigenvalue weighted by Crippen LogP contribution is 2.45. The first-order chi connectivity index (χ1) is 16.6. The van der Waals surface area contributed by atoms with E-state index in [0.717, 1.165) is 28.0 Å². The van der Waals surface area contributed by atoms with Gasteiger partial charge in [0, 0.05) is 18.3 Å². The van der Waals surface area contributed by atoms with E-state index in [1.165, 1.54) is 13.2 Å². The Kier molecular flexibility index (Phi) is 6.79. The number of allylic oxidation sites excluding steroid dienone is 3. The number of methoxy groups -OCH3 is 1. The quantitative estimate of drug-likeness (QED) is 0.412. The third-order valence-corrected chi connectivity index (χ3v) is 6.82. The second kappa shape index (κ2) is 9.64. The SMILES string of the molecule is COC(=O)/C=C/c1ccc(C2(C)c3ccc(O)cc3CCN2C2=CCC(CC(F)(F)F)C=C2)cc1. The summed E-state index contributed by atoms with van der Waals surface area (Å²) in [5, 5.41) is 10.1. The highest BCUT2D eigenvalue weighted by Gasteiger charge is 2.41. The minimum Gasteiger partial charge on any atom is -0.508 e. The van der Waals surface area contributed by atoms with Crippen LogP contribution in [0.4, 0.5) is 13.2 Å². The van der Waals surface area contributed by atoms with Crippen molar-refractivity contribution in [3.05, 3.63) is 94.7 Å². The number of hydrogen-bond acceptors (Lipinski definition) is 4. The molecule has 4 rings (SSSR count). The van der Waals surface area contributed by atoms with Crippen LogP contribution >= 0.6 is 0 Å². The lowest BCUT2D eigenvalue weighted by Gasteiger charge is -2.49. The summed E-state index contributed by atoms with van der Waals surface area (Å²) in [5.41, 5.74) is 4.17. The van der Waals surface area contributed by atoms with E-state index in [1.807, 2.05) is 36.4 Å². The Morgan fingerprint density at radius 3 is 2.60 bits per heavy atom. The number of rotatable bonds is 5. The molecular weight excluding hydrogens is 455 g/mol. The van der Waals surface area contributed by atoms with Crippen molar-refractivity contribution in [2.24, 2.45) is 5.92 Å². The Hall–Kier alpha value is -3.48. The fourth-order valence-electron chi connectivity index (χ4n) is 5.02. The van der Waals surface area contributed by atoms with Gasteiger partial charge in [-0.3, -0.25) is 0 Å². The summed E-state index contributed by atoms with van der Waals surface area (Å²) in [5.74, 6) is -0.789. The zero-order valence-corrected chi connectivity index (χ0v) is 19.7. The van der Waals surface area contributed by atoms with Crippen molar-refractivity contribution in [2.45, 2.75) is 37.9 Å². The summed E-state index contributed by atoms with van der Waals surface area (Å²) >= 11 is 0. The molecule has 2 aromatic carbocycles. The molecule has 0 fully saturated rings. The lowest BCUT2D eigenvalue weighted by atomic mass is 9.76. The van der Waals surface area contributed by atoms with Gasteiger partial charge in [0.1, 0.15) is 5.75 Å². The van der Waals surface area contributed by atoms with Crippen LogP contribution in [0.2, 0.25) is 0 Å². The Morgan fingerprint density at radius 1 is 1.23 bits per heavy atom. The van der Waals surface area contributed by atoms with Crippen molar-refractivity contribution >= 4 is 12.0 Å². The number of phenolic OH excluding ortho intramolecular Hbond substituents is 1. The molecule has 4 nitrogen and oxygen atoms in total. The first kappa shape index (κ1) is 24.6. The predicted octanol–water partition coefficient (Wildman–Crippen LogP) is 6.11. The maximum Gasteiger partial charge on any atom is 0.389 e. The predicted molar refractivity (Wildman–Crippen MR) is 128 cm³/mol. The Bertz CT molecular complexity index is 1180. The second-order valence-corrected chi connectivity index (χ2v) is 9.10. The summed E-state index contributed by atoms with van der Waals surface area (Å²) in [6.45, 7) is 2.74. The van der Waals surface area contributed by atoms with Gasteiger partial charge in [0.15, 0.2) is 0 Å². The number of nitrogens with zero attached hydrogens (tertiary/aromatic N) is 1.